The van der Waals surface area contributed by atoms with Gasteiger partial charge in [0.15, 0.2) is 5.82 Å². The van der Waals surface area contributed by atoms with Crippen LogP contribution >= 0.6 is 0 Å². The molecule has 0 saturated carbocycles. The van der Waals surface area contributed by atoms with Crippen LogP contribution in [-0.4, -0.2) is 80.5 Å². The van der Waals surface area contributed by atoms with Gasteiger partial charge in [-0.15, -0.1) is 10.2 Å². The smallest absolute Gasteiger partial charge is 0.251 e. The van der Waals surface area contributed by atoms with Gasteiger partial charge in [0.25, 0.3) is 11.8 Å². The first-order valence-electron chi connectivity index (χ1n) is 16.1. The molecule has 12 nitrogen and oxygen atoms in total. The molecule has 2 aliphatic rings. The molecule has 1 aliphatic carbocycles. The highest BCUT2D eigenvalue weighted by molar-refractivity contribution is 5.95. The van der Waals surface area contributed by atoms with Crippen molar-refractivity contribution in [2.45, 2.75) is 96.3 Å². The molecule has 12 heteroatoms. The molecule has 3 aromatic rings. The normalized spacial score (nSPS) is 17.5. The number of nitrogens with one attached hydrogen (secondary N) is 4. The number of nitriles is 1. The van der Waals surface area contributed by atoms with E-state index in [0.29, 0.717) is 49.2 Å². The number of fused-ring (bicyclic) bond motifs is 2. The van der Waals surface area contributed by atoms with Crippen LogP contribution in [0.15, 0.2) is 36.4 Å². The summed E-state index contributed by atoms with van der Waals surface area (Å²) in [7, 11) is 0. The fourth-order valence-corrected chi connectivity index (χ4v) is 6.81. The van der Waals surface area contributed by atoms with E-state index in [0.717, 1.165) is 28.7 Å². The molecule has 0 radical (unpaired) electrons. The van der Waals surface area contributed by atoms with Crippen LogP contribution in [-0.2, 0) is 23.1 Å². The summed E-state index contributed by atoms with van der Waals surface area (Å²) < 4.78 is 0. The van der Waals surface area contributed by atoms with E-state index in [9.17, 15) is 19.6 Å². The number of carbonyl (C=O) groups excluding carboxylic acids is 3. The molecule has 46 heavy (non-hydrogen) atoms. The summed E-state index contributed by atoms with van der Waals surface area (Å²) in [6, 6.07) is 13.1. The van der Waals surface area contributed by atoms with E-state index in [1.807, 2.05) is 71.0 Å². The summed E-state index contributed by atoms with van der Waals surface area (Å²) >= 11 is 0. The molecule has 0 spiro atoms. The van der Waals surface area contributed by atoms with Gasteiger partial charge in [-0.25, -0.2) is 0 Å². The molecule has 1 aromatic heterocycles. The van der Waals surface area contributed by atoms with Crippen molar-refractivity contribution in [3.05, 3.63) is 75.6 Å². The number of aromatic nitrogens is 4. The molecule has 2 atom stereocenters. The molecule has 3 amide bonds. The first kappa shape index (κ1) is 32.8. The van der Waals surface area contributed by atoms with E-state index in [1.54, 1.807) is 4.90 Å². The van der Waals surface area contributed by atoms with Crippen LogP contribution in [0.4, 0.5) is 0 Å². The highest BCUT2D eigenvalue weighted by atomic mass is 16.2. The van der Waals surface area contributed by atoms with Gasteiger partial charge >= 0.3 is 0 Å². The third-order valence-corrected chi connectivity index (χ3v) is 8.82. The van der Waals surface area contributed by atoms with Gasteiger partial charge in [0, 0.05) is 35.8 Å². The van der Waals surface area contributed by atoms with Crippen LogP contribution < -0.4 is 16.0 Å². The number of aromatic amines is 1. The zero-order valence-electron chi connectivity index (χ0n) is 27.2. The molecule has 1 fully saturated rings. The van der Waals surface area contributed by atoms with E-state index in [-0.39, 0.29) is 48.4 Å². The van der Waals surface area contributed by atoms with Crippen LogP contribution in [0.2, 0.25) is 0 Å². The van der Waals surface area contributed by atoms with Crippen molar-refractivity contribution < 1.29 is 14.4 Å². The predicted molar refractivity (Wildman–Crippen MR) is 172 cm³/mol. The third kappa shape index (κ3) is 6.65. The lowest BCUT2D eigenvalue weighted by Gasteiger charge is -2.36. The number of rotatable bonds is 10. The number of hydrogen-bond acceptors (Lipinski definition) is 8. The number of nitrogens with zero attached hydrogens (tertiary/aromatic N) is 5. The van der Waals surface area contributed by atoms with Crippen LogP contribution in [0.3, 0.4) is 0 Å². The lowest BCUT2D eigenvalue weighted by atomic mass is 9.67. The second-order valence-corrected chi connectivity index (χ2v) is 13.0. The molecule has 1 saturated heterocycles. The van der Waals surface area contributed by atoms with Crippen molar-refractivity contribution in [3.63, 3.8) is 0 Å². The molecule has 2 aromatic carbocycles. The molecule has 4 N–H and O–H groups in total. The minimum absolute atomic E-state index is 0.0111. The van der Waals surface area contributed by atoms with Crippen molar-refractivity contribution in [2.75, 3.05) is 13.1 Å². The van der Waals surface area contributed by atoms with Gasteiger partial charge in [-0.2, -0.15) is 10.5 Å². The van der Waals surface area contributed by atoms with Crippen LogP contribution in [0, 0.1) is 11.3 Å². The molecule has 242 valence electrons. The van der Waals surface area contributed by atoms with Crippen LogP contribution in [0.25, 0.3) is 0 Å². The molecular weight excluding hydrogens is 582 g/mol. The fraction of sp³-hybridized carbons (Fsp3) is 0.500. The average Bonchev–Trinajstić information content (AvgIpc) is 3.72. The number of amides is 3. The molecule has 5 rings (SSSR count). The van der Waals surface area contributed by atoms with E-state index < -0.39 is 5.41 Å². The minimum atomic E-state index is -0.924. The maximum atomic E-state index is 13.1. The van der Waals surface area contributed by atoms with Gasteiger partial charge in [-0.1, -0.05) is 17.3 Å². The quantitative estimate of drug-likeness (QED) is 0.267. The standard InChI is InChI=1S/C34H43N9O3/c1-20(2)37-31(45)25-10-12-28-23(15-25)8-9-24-16-26(32(46)38-21(3)4)11-13-29(24)34(28,33-39-41-42-40-33)17-22(5)36-19-30(44)43-14-6-7-27(43)18-35/h10-13,15-16,20-22,27,36H,6-9,14,17,19H2,1-5H3,(H,37,45)(H,38,46)(H,39,40,41,42)/t22-,27+/m1/s1. The van der Waals surface area contributed by atoms with Crippen molar-refractivity contribution in [1.29, 1.82) is 5.26 Å². The van der Waals surface area contributed by atoms with E-state index >= 15 is 0 Å². The Balaban J connectivity index is 1.59. The Bertz CT molecular complexity index is 1550. The fourth-order valence-electron chi connectivity index (χ4n) is 6.81. The molecule has 0 unspecified atom stereocenters. The summed E-state index contributed by atoms with van der Waals surface area (Å²) in [5.74, 6) is 0.0551. The zero-order valence-corrected chi connectivity index (χ0v) is 27.2. The number of likely N-dealkylation sites (tertiary alicyclic amines) is 1. The summed E-state index contributed by atoms with van der Waals surface area (Å²) in [6.07, 6.45) is 3.23. The summed E-state index contributed by atoms with van der Waals surface area (Å²) in [5.41, 5.74) is 4.03. The first-order valence-corrected chi connectivity index (χ1v) is 16.1. The van der Waals surface area contributed by atoms with Crippen molar-refractivity contribution in [3.8, 4) is 6.07 Å². The lowest BCUT2D eigenvalue weighted by molar-refractivity contribution is -0.130. The summed E-state index contributed by atoms with van der Waals surface area (Å²) in [4.78, 5) is 40.9. The van der Waals surface area contributed by atoms with E-state index in [2.05, 4.69) is 42.6 Å². The summed E-state index contributed by atoms with van der Waals surface area (Å²) in [6.45, 7) is 10.4. The SMILES string of the molecule is CC(C)NC(=O)c1ccc2c(c1)CCc1cc(C(=O)NC(C)C)ccc1C2(C[C@@H](C)NCC(=O)N1CCC[C@H]1C#N)c1nn[nH]n1. The van der Waals surface area contributed by atoms with Crippen molar-refractivity contribution in [2.24, 2.45) is 0 Å². The van der Waals surface area contributed by atoms with Gasteiger partial charge < -0.3 is 20.9 Å². The van der Waals surface area contributed by atoms with Gasteiger partial charge in [0.1, 0.15) is 6.04 Å². The monoisotopic (exact) mass is 625 g/mol. The minimum Gasteiger partial charge on any atom is -0.350 e. The largest absolute Gasteiger partial charge is 0.350 e. The van der Waals surface area contributed by atoms with Crippen LogP contribution in [0.5, 0.6) is 0 Å². The number of hydrogen-bond donors (Lipinski definition) is 4. The van der Waals surface area contributed by atoms with E-state index in [1.165, 1.54) is 0 Å². The second-order valence-electron chi connectivity index (χ2n) is 13.0. The zero-order chi connectivity index (χ0) is 33.0. The second kappa shape index (κ2) is 13.8. The van der Waals surface area contributed by atoms with Gasteiger partial charge in [-0.3, -0.25) is 14.4 Å². The van der Waals surface area contributed by atoms with Gasteiger partial charge in [0.05, 0.1) is 18.0 Å². The van der Waals surface area contributed by atoms with Gasteiger partial charge in [-0.05, 0) is 113 Å². The number of carbonyl (C=O) groups is 3. The van der Waals surface area contributed by atoms with Crippen molar-refractivity contribution in [1.82, 2.24) is 41.5 Å². The Morgan fingerprint density at radius 2 is 1.57 bits per heavy atom. The highest BCUT2D eigenvalue weighted by Crippen LogP contribution is 2.47. The van der Waals surface area contributed by atoms with E-state index in [4.69, 9.17) is 0 Å². The van der Waals surface area contributed by atoms with Crippen LogP contribution in [0.1, 0.15) is 103 Å². The molecule has 1 aliphatic heterocycles. The Hall–Kier alpha value is -4.63. The Morgan fingerprint density at radius 1 is 0.978 bits per heavy atom. The molecule has 2 heterocycles. The number of benzene rings is 2. The lowest BCUT2D eigenvalue weighted by Crippen LogP contribution is -2.45. The Labute approximate surface area is 269 Å². The third-order valence-electron chi connectivity index (χ3n) is 8.82. The molecule has 0 bridgehead atoms. The topological polar surface area (TPSA) is 169 Å². The number of H-pyrrole nitrogens is 1. The van der Waals surface area contributed by atoms with Crippen molar-refractivity contribution >= 4 is 17.7 Å². The average molecular weight is 626 g/mol. The number of aryl methyl sites for hydroxylation is 2. The number of tetrazole rings is 1. The Morgan fingerprint density at radius 3 is 2.07 bits per heavy atom. The maximum Gasteiger partial charge on any atom is 0.251 e. The van der Waals surface area contributed by atoms with Gasteiger partial charge in [0.2, 0.25) is 5.91 Å². The predicted octanol–water partition coefficient (Wildman–Crippen LogP) is 2.79. The molecular formula is C34H43N9O3. The first-order chi connectivity index (χ1) is 22.0. The Kier molecular flexibility index (Phi) is 9.82. The maximum absolute atomic E-state index is 13.1. The highest BCUT2D eigenvalue weighted by Gasteiger charge is 2.46. The summed E-state index contributed by atoms with van der Waals surface area (Å²) in [5, 5.41) is 34.5.